The number of carbonyl (C=O) groups excluding carboxylic acids is 1. The summed E-state index contributed by atoms with van der Waals surface area (Å²) in [7, 11) is 2.00. The van der Waals surface area contributed by atoms with E-state index in [1.807, 2.05) is 38.6 Å². The Labute approximate surface area is 195 Å². The van der Waals surface area contributed by atoms with Crippen LogP contribution in [0.4, 0.5) is 0 Å². The van der Waals surface area contributed by atoms with Gasteiger partial charge in [-0.15, -0.1) is 0 Å². The Morgan fingerprint density at radius 2 is 1.97 bits per heavy atom. The zero-order chi connectivity index (χ0) is 23.7. The average molecular weight is 463 g/mol. The monoisotopic (exact) mass is 462 g/mol. The Morgan fingerprint density at radius 3 is 2.56 bits per heavy atom. The first-order chi connectivity index (χ1) is 14.8. The predicted octanol–water partition coefficient (Wildman–Crippen LogP) is 4.38. The quantitative estimate of drug-likeness (QED) is 0.669. The van der Waals surface area contributed by atoms with Gasteiger partial charge in [-0.3, -0.25) is 14.2 Å². The highest BCUT2D eigenvalue weighted by atomic mass is 35.5. The van der Waals surface area contributed by atoms with Crippen LogP contribution in [0, 0.1) is 0 Å². The first kappa shape index (κ1) is 24.6. The second kappa shape index (κ2) is 9.41. The minimum atomic E-state index is -0.412. The Kier molecular flexibility index (Phi) is 7.22. The number of rotatable bonds is 5. The molecule has 1 saturated heterocycles. The summed E-state index contributed by atoms with van der Waals surface area (Å²) in [6.45, 7) is 13.8. The summed E-state index contributed by atoms with van der Waals surface area (Å²) in [4.78, 5) is 23.5. The third-order valence-electron chi connectivity index (χ3n) is 5.27. The summed E-state index contributed by atoms with van der Waals surface area (Å²) in [6.07, 6.45) is 2.17. The van der Waals surface area contributed by atoms with Crippen LogP contribution < -0.4 is 15.8 Å². The van der Waals surface area contributed by atoms with E-state index in [2.05, 4.69) is 35.9 Å². The van der Waals surface area contributed by atoms with Gasteiger partial charge in [-0.25, -0.2) is 0 Å². The van der Waals surface area contributed by atoms with E-state index in [0.29, 0.717) is 28.4 Å². The van der Waals surface area contributed by atoms with Crippen molar-refractivity contribution in [2.24, 2.45) is 12.0 Å². The molecule has 2 aromatic rings. The molecular weight excluding hydrogens is 428 g/mol. The van der Waals surface area contributed by atoms with Crippen molar-refractivity contribution in [2.75, 3.05) is 6.61 Å². The summed E-state index contributed by atoms with van der Waals surface area (Å²) >= 11 is 6.19. The third kappa shape index (κ3) is 6.03. The fourth-order valence-electron chi connectivity index (χ4n) is 3.69. The second-order valence-corrected chi connectivity index (χ2v) is 10.8. The number of amides is 1. The highest BCUT2D eigenvalue weighted by Crippen LogP contribution is 2.25. The molecule has 0 radical (unpaired) electrons. The van der Waals surface area contributed by atoms with E-state index in [-0.39, 0.29) is 17.1 Å². The molecule has 0 saturated carbocycles. The van der Waals surface area contributed by atoms with Crippen molar-refractivity contribution in [1.29, 1.82) is 0 Å². The zero-order valence-electron chi connectivity index (χ0n) is 20.2. The lowest BCUT2D eigenvalue weighted by Gasteiger charge is -2.21. The fourth-order valence-corrected chi connectivity index (χ4v) is 3.87. The van der Waals surface area contributed by atoms with Gasteiger partial charge >= 0.3 is 0 Å². The summed E-state index contributed by atoms with van der Waals surface area (Å²) in [6, 6.07) is 6.93. The molecule has 32 heavy (non-hydrogen) atoms. The first-order valence-electron chi connectivity index (χ1n) is 11.1. The molecule has 0 unspecified atom stereocenters. The third-order valence-corrected chi connectivity index (χ3v) is 5.50. The lowest BCUT2D eigenvalue weighted by molar-refractivity contribution is 0.0883. The molecule has 0 bridgehead atoms. The summed E-state index contributed by atoms with van der Waals surface area (Å²) in [5.41, 5.74) is 4.53. The molecule has 1 aromatic heterocycles. The van der Waals surface area contributed by atoms with Gasteiger partial charge in [-0.05, 0) is 51.8 Å². The molecule has 1 atom stereocenters. The lowest BCUT2D eigenvalue weighted by atomic mass is 9.92. The number of nitrogens with one attached hydrogen (secondary N) is 1. The summed E-state index contributed by atoms with van der Waals surface area (Å²) in [5, 5.41) is 0.447. The second-order valence-electron chi connectivity index (χ2n) is 10.4. The van der Waals surface area contributed by atoms with Crippen LogP contribution in [0.2, 0.25) is 5.02 Å². The molecule has 1 aliphatic heterocycles. The van der Waals surface area contributed by atoms with Gasteiger partial charge in [0.15, 0.2) is 11.2 Å². The highest BCUT2D eigenvalue weighted by Gasteiger charge is 2.24. The Balaban J connectivity index is 2.03. The van der Waals surface area contributed by atoms with Crippen molar-refractivity contribution in [3.8, 4) is 5.75 Å². The van der Waals surface area contributed by atoms with E-state index in [4.69, 9.17) is 21.2 Å². The number of hydrogen-bond acceptors (Lipinski definition) is 4. The normalized spacial score (nSPS) is 17.8. The zero-order valence-corrected chi connectivity index (χ0v) is 20.9. The van der Waals surface area contributed by atoms with Gasteiger partial charge in [0.25, 0.3) is 5.91 Å². The molecule has 1 aromatic carbocycles. The van der Waals surface area contributed by atoms with Crippen LogP contribution in [0.1, 0.15) is 70.4 Å². The number of carbonyl (C=O) groups is 1. The van der Waals surface area contributed by atoms with Crippen LogP contribution in [-0.2, 0) is 23.7 Å². The Morgan fingerprint density at radius 1 is 1.25 bits per heavy atom. The SMILES string of the molecule is Cn1c(C(C)(C)C)cc(=NC(=O)c2cc(Cl)ccc2ONC(C)(C)C)n1C[C@H]1CCCO1. The number of benzene rings is 1. The van der Waals surface area contributed by atoms with E-state index in [1.165, 1.54) is 0 Å². The predicted molar refractivity (Wildman–Crippen MR) is 126 cm³/mol. The molecule has 3 rings (SSSR count). The van der Waals surface area contributed by atoms with Gasteiger partial charge < -0.3 is 9.57 Å². The van der Waals surface area contributed by atoms with Crippen molar-refractivity contribution in [2.45, 2.75) is 78.0 Å². The van der Waals surface area contributed by atoms with Crippen LogP contribution in [0.5, 0.6) is 5.75 Å². The number of aromatic nitrogens is 2. The van der Waals surface area contributed by atoms with Crippen molar-refractivity contribution in [3.63, 3.8) is 0 Å². The maximum absolute atomic E-state index is 13.3. The van der Waals surface area contributed by atoms with E-state index in [9.17, 15) is 4.79 Å². The van der Waals surface area contributed by atoms with E-state index in [0.717, 1.165) is 25.1 Å². The van der Waals surface area contributed by atoms with Gasteiger partial charge in [-0.1, -0.05) is 32.4 Å². The maximum atomic E-state index is 13.3. The summed E-state index contributed by atoms with van der Waals surface area (Å²) in [5.74, 6) is -0.0268. The number of halogens is 1. The van der Waals surface area contributed by atoms with Gasteiger partial charge in [0.2, 0.25) is 0 Å². The standard InChI is InChI=1S/C24H35ClN4O3/c1-23(2,3)20-14-21(29(28(20)7)15-17-9-8-12-31-17)26-22(30)18-13-16(25)10-11-19(18)32-27-24(4,5)6/h10-11,13-14,17,27H,8-9,12,15H2,1-7H3/t17-/m1/s1. The largest absolute Gasteiger partial charge is 0.407 e. The topological polar surface area (TPSA) is 69.8 Å². The number of hydrogen-bond donors (Lipinski definition) is 1. The lowest BCUT2D eigenvalue weighted by Crippen LogP contribution is -2.38. The van der Waals surface area contributed by atoms with Crippen molar-refractivity contribution in [1.82, 2.24) is 14.8 Å². The molecule has 1 fully saturated rings. The van der Waals surface area contributed by atoms with E-state index >= 15 is 0 Å². The van der Waals surface area contributed by atoms with Gasteiger partial charge in [0.05, 0.1) is 18.2 Å². The van der Waals surface area contributed by atoms with E-state index in [1.54, 1.807) is 18.2 Å². The van der Waals surface area contributed by atoms with Gasteiger partial charge in [-0.2, -0.15) is 10.5 Å². The smallest absolute Gasteiger partial charge is 0.282 e. The highest BCUT2D eigenvalue weighted by molar-refractivity contribution is 6.31. The van der Waals surface area contributed by atoms with Crippen molar-refractivity contribution >= 4 is 17.5 Å². The van der Waals surface area contributed by atoms with Crippen LogP contribution in [-0.4, -0.2) is 33.5 Å². The Hall–Kier alpha value is -2.09. The van der Waals surface area contributed by atoms with Gasteiger partial charge in [0.1, 0.15) is 0 Å². The minimum absolute atomic E-state index is 0.106. The van der Waals surface area contributed by atoms with E-state index < -0.39 is 5.91 Å². The minimum Gasteiger partial charge on any atom is -0.407 e. The molecular formula is C24H35ClN4O3. The number of nitrogens with zero attached hydrogens (tertiary/aromatic N) is 3. The van der Waals surface area contributed by atoms with Crippen molar-refractivity contribution in [3.05, 3.63) is 46.0 Å². The number of hydroxylamine groups is 1. The van der Waals surface area contributed by atoms with Crippen LogP contribution in [0.15, 0.2) is 29.3 Å². The maximum Gasteiger partial charge on any atom is 0.282 e. The van der Waals surface area contributed by atoms with Crippen LogP contribution >= 0.6 is 11.6 Å². The molecule has 7 nitrogen and oxygen atoms in total. The Bertz CT molecular complexity index is 1030. The van der Waals surface area contributed by atoms with Gasteiger partial charge in [0, 0.05) is 41.4 Å². The number of ether oxygens (including phenoxy) is 1. The first-order valence-corrected chi connectivity index (χ1v) is 11.4. The molecule has 1 amide bonds. The molecule has 0 spiro atoms. The van der Waals surface area contributed by atoms with Crippen LogP contribution in [0.25, 0.3) is 0 Å². The van der Waals surface area contributed by atoms with Crippen molar-refractivity contribution < 1.29 is 14.4 Å². The molecule has 1 N–H and O–H groups in total. The molecule has 1 aliphatic rings. The average Bonchev–Trinajstić information content (AvgIpc) is 3.29. The molecule has 176 valence electrons. The molecule has 0 aliphatic carbocycles. The molecule has 2 heterocycles. The van der Waals surface area contributed by atoms with Crippen LogP contribution in [0.3, 0.4) is 0 Å². The molecule has 8 heteroatoms. The summed E-state index contributed by atoms with van der Waals surface area (Å²) < 4.78 is 9.94. The fraction of sp³-hybridized carbons (Fsp3) is 0.583.